The average Bonchev–Trinajstić information content (AvgIpc) is 2.89. The summed E-state index contributed by atoms with van der Waals surface area (Å²) >= 11 is 0. The highest BCUT2D eigenvalue weighted by Crippen LogP contribution is 2.36. The smallest absolute Gasteiger partial charge is 0.372 e. The van der Waals surface area contributed by atoms with Crippen LogP contribution in [0.5, 0.6) is 0 Å². The molecule has 0 spiro atoms. The van der Waals surface area contributed by atoms with Crippen LogP contribution in [0.3, 0.4) is 0 Å². The van der Waals surface area contributed by atoms with E-state index in [0.717, 1.165) is 25.0 Å². The third-order valence-electron chi connectivity index (χ3n) is 3.30. The predicted molar refractivity (Wildman–Crippen MR) is 66.9 cm³/mol. The third kappa shape index (κ3) is 2.29. The maximum atomic E-state index is 12.8. The average molecular weight is 283 g/mol. The molecule has 1 aromatic heterocycles. The van der Waals surface area contributed by atoms with Gasteiger partial charge in [0.1, 0.15) is 6.10 Å². The van der Waals surface area contributed by atoms with E-state index in [1.165, 1.54) is 6.07 Å². The van der Waals surface area contributed by atoms with E-state index < -0.39 is 11.7 Å². The van der Waals surface area contributed by atoms with Crippen molar-refractivity contribution in [1.82, 2.24) is 9.97 Å². The molecule has 2 N–H and O–H groups in total. The van der Waals surface area contributed by atoms with Crippen molar-refractivity contribution in [3.63, 3.8) is 0 Å². The minimum absolute atomic E-state index is 0.0442. The second-order valence-corrected chi connectivity index (χ2v) is 4.70. The van der Waals surface area contributed by atoms with Gasteiger partial charge >= 0.3 is 6.18 Å². The zero-order valence-corrected chi connectivity index (χ0v) is 10.4. The van der Waals surface area contributed by atoms with Crippen molar-refractivity contribution in [2.75, 3.05) is 12.3 Å². The molecular weight excluding hydrogens is 271 g/mol. The number of hydrogen-bond donors (Lipinski definition) is 1. The van der Waals surface area contributed by atoms with Crippen molar-refractivity contribution in [3.8, 4) is 0 Å². The monoisotopic (exact) mass is 283 g/mol. The molecule has 0 aliphatic carbocycles. The van der Waals surface area contributed by atoms with Crippen LogP contribution in [0.25, 0.3) is 10.9 Å². The first-order valence-electron chi connectivity index (χ1n) is 6.21. The molecule has 1 aliphatic rings. The fraction of sp³-hybridized carbons (Fsp3) is 0.385. The maximum Gasteiger partial charge on any atom is 0.416 e. The summed E-state index contributed by atoms with van der Waals surface area (Å²) in [5, 5.41) is 0.348. The predicted octanol–water partition coefficient (Wildman–Crippen LogP) is 3.08. The fourth-order valence-electron chi connectivity index (χ4n) is 2.39. The van der Waals surface area contributed by atoms with Gasteiger partial charge in [-0.25, -0.2) is 9.97 Å². The molecular formula is C13H12F3N3O. The van der Waals surface area contributed by atoms with Gasteiger partial charge in [0.2, 0.25) is 5.95 Å². The van der Waals surface area contributed by atoms with E-state index in [2.05, 4.69) is 9.97 Å². The molecule has 3 rings (SSSR count). The number of fused-ring (bicyclic) bond motifs is 1. The number of halogens is 3. The van der Waals surface area contributed by atoms with Gasteiger partial charge in [0.05, 0.1) is 16.8 Å². The normalized spacial score (nSPS) is 19.6. The Balaban J connectivity index is 2.20. The minimum Gasteiger partial charge on any atom is -0.372 e. The minimum atomic E-state index is -4.40. The summed E-state index contributed by atoms with van der Waals surface area (Å²) in [6.07, 6.45) is -3.13. The molecule has 4 nitrogen and oxygen atoms in total. The molecule has 2 aromatic rings. The Morgan fingerprint density at radius 3 is 2.70 bits per heavy atom. The van der Waals surface area contributed by atoms with Gasteiger partial charge in [-0.3, -0.25) is 0 Å². The summed E-state index contributed by atoms with van der Waals surface area (Å²) in [5.41, 5.74) is 5.73. The van der Waals surface area contributed by atoms with Crippen LogP contribution in [0.4, 0.5) is 19.1 Å². The largest absolute Gasteiger partial charge is 0.416 e. The molecule has 0 bridgehead atoms. The Hall–Kier alpha value is -1.89. The van der Waals surface area contributed by atoms with Crippen LogP contribution in [-0.2, 0) is 10.9 Å². The lowest BCUT2D eigenvalue weighted by Crippen LogP contribution is -2.08. The Morgan fingerprint density at radius 2 is 2.05 bits per heavy atom. The Labute approximate surface area is 112 Å². The molecule has 1 unspecified atom stereocenters. The van der Waals surface area contributed by atoms with Gasteiger partial charge in [-0.2, -0.15) is 13.2 Å². The van der Waals surface area contributed by atoms with Gasteiger partial charge in [0.15, 0.2) is 0 Å². The van der Waals surface area contributed by atoms with Crippen molar-refractivity contribution in [1.29, 1.82) is 0 Å². The van der Waals surface area contributed by atoms with Gasteiger partial charge in [-0.15, -0.1) is 0 Å². The number of aromatic nitrogens is 2. The summed E-state index contributed by atoms with van der Waals surface area (Å²) in [7, 11) is 0. The van der Waals surface area contributed by atoms with Crippen LogP contribution >= 0.6 is 0 Å². The molecule has 1 aromatic carbocycles. The van der Waals surface area contributed by atoms with Crippen molar-refractivity contribution < 1.29 is 17.9 Å². The standard InChI is InChI=1S/C13H12F3N3O/c14-13(15,16)7-3-4-9-8(6-7)11(19-12(17)18-9)10-2-1-5-20-10/h3-4,6,10H,1-2,5H2,(H2,17,18,19). The van der Waals surface area contributed by atoms with Gasteiger partial charge in [0, 0.05) is 12.0 Å². The molecule has 106 valence electrons. The van der Waals surface area contributed by atoms with Crippen LogP contribution in [0.2, 0.25) is 0 Å². The summed E-state index contributed by atoms with van der Waals surface area (Å²) in [6, 6.07) is 3.37. The van der Waals surface area contributed by atoms with Crippen molar-refractivity contribution in [2.45, 2.75) is 25.1 Å². The molecule has 0 radical (unpaired) electrons. The second kappa shape index (κ2) is 4.59. The van der Waals surface area contributed by atoms with Crippen LogP contribution in [0, 0.1) is 0 Å². The van der Waals surface area contributed by atoms with Gasteiger partial charge in [-0.05, 0) is 31.0 Å². The molecule has 1 aliphatic heterocycles. The van der Waals surface area contributed by atoms with Crippen LogP contribution in [0.15, 0.2) is 18.2 Å². The van der Waals surface area contributed by atoms with E-state index in [-0.39, 0.29) is 12.1 Å². The molecule has 2 heterocycles. The number of nitrogen functional groups attached to an aromatic ring is 1. The van der Waals surface area contributed by atoms with E-state index >= 15 is 0 Å². The van der Waals surface area contributed by atoms with Crippen LogP contribution < -0.4 is 5.73 Å². The van der Waals surface area contributed by atoms with Crippen molar-refractivity contribution >= 4 is 16.9 Å². The van der Waals surface area contributed by atoms with E-state index in [0.29, 0.717) is 23.2 Å². The number of nitrogens with two attached hydrogens (primary N) is 1. The van der Waals surface area contributed by atoms with Gasteiger partial charge in [0.25, 0.3) is 0 Å². The van der Waals surface area contributed by atoms with E-state index in [9.17, 15) is 13.2 Å². The molecule has 7 heteroatoms. The molecule has 0 amide bonds. The first-order chi connectivity index (χ1) is 9.45. The Kier molecular flexibility index (Phi) is 3.01. The fourth-order valence-corrected chi connectivity index (χ4v) is 2.39. The second-order valence-electron chi connectivity index (χ2n) is 4.70. The highest BCUT2D eigenvalue weighted by Gasteiger charge is 2.31. The summed E-state index contributed by atoms with van der Waals surface area (Å²) in [4.78, 5) is 8.06. The summed E-state index contributed by atoms with van der Waals surface area (Å²) in [6.45, 7) is 0.578. The van der Waals surface area contributed by atoms with Crippen molar-refractivity contribution in [3.05, 3.63) is 29.5 Å². The topological polar surface area (TPSA) is 61.0 Å². The van der Waals surface area contributed by atoms with Gasteiger partial charge in [-0.1, -0.05) is 0 Å². The van der Waals surface area contributed by atoms with Crippen molar-refractivity contribution in [2.24, 2.45) is 0 Å². The summed E-state index contributed by atoms with van der Waals surface area (Å²) in [5.74, 6) is 0.0442. The lowest BCUT2D eigenvalue weighted by Gasteiger charge is -2.14. The first kappa shape index (κ1) is 13.1. The number of nitrogens with zero attached hydrogens (tertiary/aromatic N) is 2. The Morgan fingerprint density at radius 1 is 1.25 bits per heavy atom. The molecule has 1 atom stereocenters. The maximum absolute atomic E-state index is 12.8. The molecule has 1 saturated heterocycles. The van der Waals surface area contributed by atoms with Crippen LogP contribution in [0.1, 0.15) is 30.2 Å². The van der Waals surface area contributed by atoms with E-state index in [1.54, 1.807) is 0 Å². The zero-order valence-electron chi connectivity index (χ0n) is 10.4. The molecule has 20 heavy (non-hydrogen) atoms. The lowest BCUT2D eigenvalue weighted by atomic mass is 10.0. The van der Waals surface area contributed by atoms with Gasteiger partial charge < -0.3 is 10.5 Å². The number of ether oxygens (including phenoxy) is 1. The third-order valence-corrected chi connectivity index (χ3v) is 3.30. The van der Waals surface area contributed by atoms with E-state index in [1.807, 2.05) is 0 Å². The Bertz CT molecular complexity index is 651. The zero-order chi connectivity index (χ0) is 14.3. The number of hydrogen-bond acceptors (Lipinski definition) is 4. The quantitative estimate of drug-likeness (QED) is 0.873. The number of alkyl halides is 3. The molecule has 1 fully saturated rings. The van der Waals surface area contributed by atoms with E-state index in [4.69, 9.17) is 10.5 Å². The highest BCUT2D eigenvalue weighted by molar-refractivity contribution is 5.83. The highest BCUT2D eigenvalue weighted by atomic mass is 19.4. The van der Waals surface area contributed by atoms with Crippen LogP contribution in [-0.4, -0.2) is 16.6 Å². The summed E-state index contributed by atoms with van der Waals surface area (Å²) < 4.78 is 43.9. The first-order valence-corrected chi connectivity index (χ1v) is 6.21. The number of benzene rings is 1. The SMILES string of the molecule is Nc1nc(C2CCCO2)c2cc(C(F)(F)F)ccc2n1. The number of rotatable bonds is 1. The lowest BCUT2D eigenvalue weighted by molar-refractivity contribution is -0.137. The number of anilines is 1. The molecule has 0 saturated carbocycles.